The van der Waals surface area contributed by atoms with Crippen LogP contribution in [0, 0.1) is 13.8 Å². The van der Waals surface area contributed by atoms with Gasteiger partial charge in [-0.2, -0.15) is 0 Å². The monoisotopic (exact) mass is 368 g/mol. The van der Waals surface area contributed by atoms with Crippen molar-refractivity contribution in [3.05, 3.63) is 92.4 Å². The number of hydrogen-bond acceptors (Lipinski definition) is 4. The molecule has 5 rings (SSSR count). The number of rotatable bonds is 1. The summed E-state index contributed by atoms with van der Waals surface area (Å²) >= 11 is 0. The lowest BCUT2D eigenvalue weighted by molar-refractivity contribution is 0.567. The highest BCUT2D eigenvalue weighted by Crippen LogP contribution is 2.29. The first-order valence-corrected chi connectivity index (χ1v) is 9.03. The molecule has 2 aromatic heterocycles. The Morgan fingerprint density at radius 2 is 1.29 bits per heavy atom. The Bertz CT molecular complexity index is 1520. The predicted molar refractivity (Wildman–Crippen MR) is 111 cm³/mol. The summed E-state index contributed by atoms with van der Waals surface area (Å²) in [5.41, 5.74) is 3.32. The van der Waals surface area contributed by atoms with Gasteiger partial charge < -0.3 is 8.83 Å². The van der Waals surface area contributed by atoms with Gasteiger partial charge in [-0.1, -0.05) is 30.3 Å². The largest absolute Gasteiger partial charge is 0.460 e. The molecule has 0 spiro atoms. The van der Waals surface area contributed by atoms with Crippen LogP contribution in [0.1, 0.15) is 11.3 Å². The molecule has 0 N–H and O–H groups in total. The number of fused-ring (bicyclic) bond motifs is 3. The zero-order valence-electron chi connectivity index (χ0n) is 15.4. The van der Waals surface area contributed by atoms with Crippen molar-refractivity contribution in [3.63, 3.8) is 0 Å². The van der Waals surface area contributed by atoms with Crippen LogP contribution in [-0.2, 0) is 0 Å². The number of para-hydroxylation sites is 2. The molecule has 0 fully saturated rings. The summed E-state index contributed by atoms with van der Waals surface area (Å²) in [4.78, 5) is 26.0. The van der Waals surface area contributed by atoms with E-state index in [0.29, 0.717) is 49.8 Å². The smallest absolute Gasteiger partial charge is 0.200 e. The van der Waals surface area contributed by atoms with E-state index in [1.165, 1.54) is 0 Å². The molecule has 0 aliphatic carbocycles. The molecule has 4 heteroatoms. The van der Waals surface area contributed by atoms with Gasteiger partial charge in [0.05, 0.1) is 21.7 Å². The molecule has 0 bridgehead atoms. The van der Waals surface area contributed by atoms with Crippen LogP contribution in [0.5, 0.6) is 0 Å². The van der Waals surface area contributed by atoms with Gasteiger partial charge in [-0.05, 0) is 55.3 Å². The Morgan fingerprint density at radius 3 is 2.00 bits per heavy atom. The first kappa shape index (κ1) is 16.5. The normalized spacial score (nSPS) is 11.5. The molecule has 0 aliphatic rings. The van der Waals surface area contributed by atoms with Crippen LogP contribution >= 0.6 is 0 Å². The van der Waals surface area contributed by atoms with E-state index in [1.807, 2.05) is 37.3 Å². The van der Waals surface area contributed by atoms with Crippen molar-refractivity contribution in [2.45, 2.75) is 13.8 Å². The summed E-state index contributed by atoms with van der Waals surface area (Å²) < 4.78 is 11.9. The van der Waals surface area contributed by atoms with Crippen molar-refractivity contribution in [1.29, 1.82) is 0 Å². The van der Waals surface area contributed by atoms with E-state index in [0.717, 1.165) is 5.56 Å². The number of hydrogen-bond donors (Lipinski definition) is 0. The Morgan fingerprint density at radius 1 is 0.679 bits per heavy atom. The van der Waals surface area contributed by atoms with Gasteiger partial charge in [0.1, 0.15) is 22.5 Å². The van der Waals surface area contributed by atoms with Crippen LogP contribution in [0.4, 0.5) is 0 Å². The highest BCUT2D eigenvalue weighted by molar-refractivity contribution is 5.94. The second kappa shape index (κ2) is 5.92. The average molecular weight is 368 g/mol. The molecular formula is C24H16O4. The van der Waals surface area contributed by atoms with Crippen LogP contribution in [0.2, 0.25) is 0 Å². The standard InChI is InChI=1S/C24H16O4/c1-13-11-15(22-14(2)27-18-9-5-3-7-16(18)24(22)26)12-20-21(13)23(25)17-8-4-6-10-19(17)28-20/h3-12H,1-2H3. The fraction of sp³-hybridized carbons (Fsp3) is 0.0833. The Hall–Kier alpha value is -3.66. The molecule has 0 amide bonds. The summed E-state index contributed by atoms with van der Waals surface area (Å²) in [5.74, 6) is 0.533. The maximum atomic E-state index is 13.1. The van der Waals surface area contributed by atoms with Crippen molar-refractivity contribution < 1.29 is 8.83 Å². The summed E-state index contributed by atoms with van der Waals surface area (Å²) in [6.45, 7) is 3.63. The molecule has 0 radical (unpaired) electrons. The van der Waals surface area contributed by atoms with Crippen LogP contribution < -0.4 is 10.9 Å². The molecule has 2 heterocycles. The minimum absolute atomic E-state index is 0.0665. The first-order chi connectivity index (χ1) is 13.5. The van der Waals surface area contributed by atoms with Crippen molar-refractivity contribution in [2.24, 2.45) is 0 Å². The maximum absolute atomic E-state index is 13.1. The van der Waals surface area contributed by atoms with Gasteiger partial charge in [0.25, 0.3) is 0 Å². The van der Waals surface area contributed by atoms with Gasteiger partial charge in [-0.15, -0.1) is 0 Å². The summed E-state index contributed by atoms with van der Waals surface area (Å²) in [6, 6.07) is 18.0. The maximum Gasteiger partial charge on any atom is 0.200 e. The molecule has 136 valence electrons. The second-order valence-corrected chi connectivity index (χ2v) is 6.95. The molecule has 0 aliphatic heterocycles. The predicted octanol–water partition coefficient (Wildman–Crippen LogP) is 5.34. The lowest BCUT2D eigenvalue weighted by Gasteiger charge is -2.10. The minimum Gasteiger partial charge on any atom is -0.460 e. The zero-order chi connectivity index (χ0) is 19.4. The topological polar surface area (TPSA) is 60.4 Å². The van der Waals surface area contributed by atoms with Crippen LogP contribution in [0.25, 0.3) is 44.0 Å². The summed E-state index contributed by atoms with van der Waals surface area (Å²) in [7, 11) is 0. The second-order valence-electron chi connectivity index (χ2n) is 6.95. The average Bonchev–Trinajstić information content (AvgIpc) is 2.68. The van der Waals surface area contributed by atoms with E-state index in [4.69, 9.17) is 8.83 Å². The first-order valence-electron chi connectivity index (χ1n) is 9.03. The van der Waals surface area contributed by atoms with E-state index in [2.05, 4.69) is 0 Å². The van der Waals surface area contributed by atoms with Gasteiger partial charge in [-0.25, -0.2) is 0 Å². The van der Waals surface area contributed by atoms with E-state index in [-0.39, 0.29) is 10.9 Å². The highest BCUT2D eigenvalue weighted by atomic mass is 16.3. The fourth-order valence-corrected chi connectivity index (χ4v) is 3.86. The summed E-state index contributed by atoms with van der Waals surface area (Å²) in [6.07, 6.45) is 0. The highest BCUT2D eigenvalue weighted by Gasteiger charge is 2.17. The van der Waals surface area contributed by atoms with Crippen molar-refractivity contribution in [3.8, 4) is 11.1 Å². The van der Waals surface area contributed by atoms with E-state index in [1.54, 1.807) is 37.3 Å². The van der Waals surface area contributed by atoms with Gasteiger partial charge in [0, 0.05) is 0 Å². The van der Waals surface area contributed by atoms with Gasteiger partial charge in [0.15, 0.2) is 0 Å². The molecule has 0 unspecified atom stereocenters. The van der Waals surface area contributed by atoms with E-state index >= 15 is 0 Å². The fourth-order valence-electron chi connectivity index (χ4n) is 3.86. The van der Waals surface area contributed by atoms with Gasteiger partial charge in [0.2, 0.25) is 10.9 Å². The third kappa shape index (κ3) is 2.31. The van der Waals surface area contributed by atoms with Crippen molar-refractivity contribution >= 4 is 32.9 Å². The Kier molecular flexibility index (Phi) is 3.49. The third-order valence-electron chi connectivity index (χ3n) is 5.14. The molecule has 4 nitrogen and oxygen atoms in total. The molecule has 0 saturated carbocycles. The zero-order valence-corrected chi connectivity index (χ0v) is 15.4. The SMILES string of the molecule is Cc1oc2ccccc2c(=O)c1-c1cc(C)c2c(=O)c3ccccc3oc2c1. The molecule has 5 aromatic rings. The quantitative estimate of drug-likeness (QED) is 0.375. The van der Waals surface area contributed by atoms with E-state index in [9.17, 15) is 9.59 Å². The van der Waals surface area contributed by atoms with Crippen LogP contribution in [-0.4, -0.2) is 0 Å². The molecule has 0 saturated heterocycles. The third-order valence-corrected chi connectivity index (χ3v) is 5.14. The number of aryl methyl sites for hydroxylation is 2. The van der Waals surface area contributed by atoms with Crippen LogP contribution in [0.15, 0.2) is 79.1 Å². The molecular weight excluding hydrogens is 352 g/mol. The minimum atomic E-state index is -0.0961. The van der Waals surface area contributed by atoms with Gasteiger partial charge >= 0.3 is 0 Å². The van der Waals surface area contributed by atoms with Crippen molar-refractivity contribution in [1.82, 2.24) is 0 Å². The Balaban J connectivity index is 1.89. The lowest BCUT2D eigenvalue weighted by Crippen LogP contribution is -2.09. The molecule has 28 heavy (non-hydrogen) atoms. The lowest BCUT2D eigenvalue weighted by atomic mass is 9.98. The summed E-state index contributed by atoms with van der Waals surface area (Å²) in [5, 5.41) is 1.61. The van der Waals surface area contributed by atoms with E-state index < -0.39 is 0 Å². The van der Waals surface area contributed by atoms with Gasteiger partial charge in [-0.3, -0.25) is 9.59 Å². The number of benzene rings is 3. The van der Waals surface area contributed by atoms with Crippen molar-refractivity contribution in [2.75, 3.05) is 0 Å². The molecule has 0 atom stereocenters. The molecule has 3 aromatic carbocycles. The van der Waals surface area contributed by atoms with Crippen LogP contribution in [0.3, 0.4) is 0 Å². The Labute approximate surface area is 159 Å².